The second-order valence-electron chi connectivity index (χ2n) is 4.55. The van der Waals surface area contributed by atoms with Gasteiger partial charge in [-0.1, -0.05) is 31.5 Å². The highest BCUT2D eigenvalue weighted by Gasteiger charge is 2.12. The molecule has 0 radical (unpaired) electrons. The first-order chi connectivity index (χ1) is 9.31. The minimum atomic E-state index is 0.506. The summed E-state index contributed by atoms with van der Waals surface area (Å²) in [7, 11) is 0. The van der Waals surface area contributed by atoms with E-state index in [9.17, 15) is 0 Å². The Kier molecular flexibility index (Phi) is 2.91. The molecule has 0 aliphatic rings. The third-order valence-electron chi connectivity index (χ3n) is 3.23. The van der Waals surface area contributed by atoms with E-state index in [1.54, 1.807) is 12.4 Å². The summed E-state index contributed by atoms with van der Waals surface area (Å²) in [4.78, 5) is 8.46. The predicted molar refractivity (Wildman–Crippen MR) is 77.3 cm³/mol. The lowest BCUT2D eigenvalue weighted by Crippen LogP contribution is -2.03. The second kappa shape index (κ2) is 4.72. The van der Waals surface area contributed by atoms with Crippen LogP contribution >= 0.6 is 0 Å². The van der Waals surface area contributed by atoms with Gasteiger partial charge in [0.1, 0.15) is 5.52 Å². The number of anilines is 1. The molecule has 0 fully saturated rings. The molecule has 1 aromatic carbocycles. The number of nitrogens with two attached hydrogens (primary N) is 1. The molecule has 0 saturated heterocycles. The van der Waals surface area contributed by atoms with Crippen molar-refractivity contribution in [3.05, 3.63) is 48.3 Å². The Morgan fingerprint density at radius 1 is 1.21 bits per heavy atom. The van der Waals surface area contributed by atoms with Gasteiger partial charge in [0.25, 0.3) is 0 Å². The number of hydrogen-bond donors (Lipinski definition) is 1. The number of fused-ring (bicyclic) bond motifs is 1. The molecule has 2 heterocycles. The highest BCUT2D eigenvalue weighted by Crippen LogP contribution is 2.25. The zero-order chi connectivity index (χ0) is 13.2. The van der Waals surface area contributed by atoms with Crippen LogP contribution in [0.4, 0.5) is 5.95 Å². The summed E-state index contributed by atoms with van der Waals surface area (Å²) >= 11 is 0. The van der Waals surface area contributed by atoms with Gasteiger partial charge in [-0.15, -0.1) is 0 Å². The van der Waals surface area contributed by atoms with E-state index in [4.69, 9.17) is 5.73 Å². The number of aromatic nitrogens is 3. The van der Waals surface area contributed by atoms with Crippen LogP contribution in [0.15, 0.2) is 42.7 Å². The molecule has 0 unspecified atom stereocenters. The van der Waals surface area contributed by atoms with E-state index in [1.807, 2.05) is 16.7 Å². The molecule has 96 valence electrons. The molecule has 2 aromatic heterocycles. The number of benzene rings is 1. The van der Waals surface area contributed by atoms with Crippen molar-refractivity contribution in [2.24, 2.45) is 0 Å². The van der Waals surface area contributed by atoms with Gasteiger partial charge in [0, 0.05) is 6.20 Å². The first kappa shape index (κ1) is 11.7. The van der Waals surface area contributed by atoms with Gasteiger partial charge < -0.3 is 5.73 Å². The fourth-order valence-corrected chi connectivity index (χ4v) is 2.41. The Morgan fingerprint density at radius 2 is 2.05 bits per heavy atom. The highest BCUT2D eigenvalue weighted by molar-refractivity contribution is 5.80. The number of pyridine rings is 1. The molecule has 0 bridgehead atoms. The summed E-state index contributed by atoms with van der Waals surface area (Å²) < 4.78 is 2.00. The number of imidazole rings is 1. The van der Waals surface area contributed by atoms with Crippen LogP contribution in [-0.2, 0) is 6.42 Å². The van der Waals surface area contributed by atoms with E-state index in [2.05, 4.69) is 35.1 Å². The Morgan fingerprint density at radius 3 is 2.89 bits per heavy atom. The molecule has 0 saturated carbocycles. The molecule has 3 aromatic rings. The zero-order valence-corrected chi connectivity index (χ0v) is 10.9. The van der Waals surface area contributed by atoms with Crippen molar-refractivity contribution in [3.63, 3.8) is 0 Å². The van der Waals surface area contributed by atoms with Crippen molar-refractivity contribution in [3.8, 4) is 5.69 Å². The minimum absolute atomic E-state index is 0.506. The first-order valence-corrected chi connectivity index (χ1v) is 6.47. The van der Waals surface area contributed by atoms with Gasteiger partial charge in [0.2, 0.25) is 5.95 Å². The summed E-state index contributed by atoms with van der Waals surface area (Å²) in [6, 6.07) is 10.3. The molecular weight excluding hydrogens is 236 g/mol. The molecule has 0 amide bonds. The number of rotatable bonds is 3. The topological polar surface area (TPSA) is 56.7 Å². The third kappa shape index (κ3) is 1.95. The van der Waals surface area contributed by atoms with Crippen LogP contribution in [0.3, 0.4) is 0 Å². The average molecular weight is 252 g/mol. The summed E-state index contributed by atoms with van der Waals surface area (Å²) in [5, 5.41) is 0. The lowest BCUT2D eigenvalue weighted by molar-refractivity contribution is 0.905. The zero-order valence-electron chi connectivity index (χ0n) is 10.9. The highest BCUT2D eigenvalue weighted by atomic mass is 15.2. The van der Waals surface area contributed by atoms with Gasteiger partial charge in [-0.3, -0.25) is 9.55 Å². The van der Waals surface area contributed by atoms with Crippen molar-refractivity contribution in [2.45, 2.75) is 19.8 Å². The Balaban J connectivity index is 2.27. The maximum absolute atomic E-state index is 6.07. The van der Waals surface area contributed by atoms with E-state index >= 15 is 0 Å². The van der Waals surface area contributed by atoms with E-state index in [-0.39, 0.29) is 0 Å². The van der Waals surface area contributed by atoms with Crippen molar-refractivity contribution >= 4 is 17.0 Å². The monoisotopic (exact) mass is 252 g/mol. The van der Waals surface area contributed by atoms with Gasteiger partial charge in [-0.25, -0.2) is 4.98 Å². The molecule has 2 N–H and O–H groups in total. The van der Waals surface area contributed by atoms with Crippen LogP contribution in [0.5, 0.6) is 0 Å². The quantitative estimate of drug-likeness (QED) is 0.779. The number of aryl methyl sites for hydroxylation is 1. The second-order valence-corrected chi connectivity index (χ2v) is 4.55. The van der Waals surface area contributed by atoms with Crippen molar-refractivity contribution in [2.75, 3.05) is 5.73 Å². The lowest BCUT2D eigenvalue weighted by atomic mass is 10.1. The van der Waals surface area contributed by atoms with Gasteiger partial charge in [-0.05, 0) is 24.1 Å². The Bertz CT molecular complexity index is 715. The maximum atomic E-state index is 6.07. The van der Waals surface area contributed by atoms with Gasteiger partial charge in [0.15, 0.2) is 0 Å². The van der Waals surface area contributed by atoms with E-state index < -0.39 is 0 Å². The molecular formula is C15H16N4. The SMILES string of the molecule is CCCc1ccccc1-n1c(N)nc2cnccc21. The summed E-state index contributed by atoms with van der Waals surface area (Å²) in [6.45, 7) is 2.18. The van der Waals surface area contributed by atoms with Crippen LogP contribution in [0.25, 0.3) is 16.7 Å². The number of hydrogen-bond acceptors (Lipinski definition) is 3. The predicted octanol–water partition coefficient (Wildman–Crippen LogP) is 2.96. The molecule has 4 nitrogen and oxygen atoms in total. The normalized spacial score (nSPS) is 11.0. The summed E-state index contributed by atoms with van der Waals surface area (Å²) in [6.07, 6.45) is 5.64. The smallest absolute Gasteiger partial charge is 0.205 e. The minimum Gasteiger partial charge on any atom is -0.369 e. The largest absolute Gasteiger partial charge is 0.369 e. The van der Waals surface area contributed by atoms with Crippen LogP contribution in [0, 0.1) is 0 Å². The van der Waals surface area contributed by atoms with Crippen LogP contribution in [-0.4, -0.2) is 14.5 Å². The summed E-state index contributed by atoms with van der Waals surface area (Å²) in [5.74, 6) is 0.506. The molecule has 0 aliphatic heterocycles. The van der Waals surface area contributed by atoms with Gasteiger partial charge in [0.05, 0.1) is 17.4 Å². The summed E-state index contributed by atoms with van der Waals surface area (Å²) in [5.41, 5.74) is 10.3. The van der Waals surface area contributed by atoms with Crippen molar-refractivity contribution in [1.29, 1.82) is 0 Å². The van der Waals surface area contributed by atoms with Crippen LogP contribution < -0.4 is 5.73 Å². The third-order valence-corrected chi connectivity index (χ3v) is 3.23. The van der Waals surface area contributed by atoms with Crippen molar-refractivity contribution < 1.29 is 0 Å². The molecule has 0 atom stereocenters. The van der Waals surface area contributed by atoms with Crippen LogP contribution in [0.1, 0.15) is 18.9 Å². The standard InChI is InChI=1S/C15H16N4/c1-2-5-11-6-3-4-7-13(11)19-14-8-9-17-10-12(14)18-15(19)16/h3-4,6-10H,2,5H2,1H3,(H2,16,18). The maximum Gasteiger partial charge on any atom is 0.205 e. The number of para-hydroxylation sites is 1. The molecule has 19 heavy (non-hydrogen) atoms. The average Bonchev–Trinajstić information content (AvgIpc) is 2.76. The lowest BCUT2D eigenvalue weighted by Gasteiger charge is -2.11. The molecule has 4 heteroatoms. The van der Waals surface area contributed by atoms with E-state index in [0.717, 1.165) is 29.6 Å². The Labute approximate surface area is 111 Å². The molecule has 0 aliphatic carbocycles. The molecule has 0 spiro atoms. The molecule has 3 rings (SSSR count). The number of nitrogen functional groups attached to an aromatic ring is 1. The van der Waals surface area contributed by atoms with E-state index in [1.165, 1.54) is 5.56 Å². The van der Waals surface area contributed by atoms with E-state index in [0.29, 0.717) is 5.95 Å². The Hall–Kier alpha value is -2.36. The van der Waals surface area contributed by atoms with Gasteiger partial charge in [-0.2, -0.15) is 0 Å². The van der Waals surface area contributed by atoms with Crippen LogP contribution in [0.2, 0.25) is 0 Å². The number of nitrogens with zero attached hydrogens (tertiary/aromatic N) is 3. The fourth-order valence-electron chi connectivity index (χ4n) is 2.41. The van der Waals surface area contributed by atoms with Crippen molar-refractivity contribution in [1.82, 2.24) is 14.5 Å². The first-order valence-electron chi connectivity index (χ1n) is 6.47. The van der Waals surface area contributed by atoms with Gasteiger partial charge >= 0.3 is 0 Å². The fraction of sp³-hybridized carbons (Fsp3) is 0.200.